The Kier molecular flexibility index (Phi) is 3.19. The van der Waals surface area contributed by atoms with E-state index in [2.05, 4.69) is 9.97 Å². The number of hydrogen-bond donors (Lipinski definition) is 1. The first-order chi connectivity index (χ1) is 8.51. The number of aromatic amines is 1. The van der Waals surface area contributed by atoms with Crippen LogP contribution in [0.5, 0.6) is 5.75 Å². The normalized spacial score (nSPS) is 10.4. The fraction of sp³-hybridized carbons (Fsp3) is 0.286. The van der Waals surface area contributed by atoms with Crippen LogP contribution < -0.4 is 10.4 Å². The van der Waals surface area contributed by atoms with E-state index in [0.29, 0.717) is 5.69 Å². The van der Waals surface area contributed by atoms with Crippen molar-refractivity contribution in [1.29, 1.82) is 0 Å². The van der Waals surface area contributed by atoms with E-state index in [1.54, 1.807) is 7.11 Å². The Balaban J connectivity index is 2.64. The van der Waals surface area contributed by atoms with Crippen LogP contribution in [0.2, 0.25) is 0 Å². The highest BCUT2D eigenvalue weighted by molar-refractivity contribution is 5.66. The van der Waals surface area contributed by atoms with Crippen LogP contribution in [0.3, 0.4) is 0 Å². The van der Waals surface area contributed by atoms with Crippen LogP contribution in [-0.4, -0.2) is 17.1 Å². The maximum Gasteiger partial charge on any atom is 0.345 e. The number of methoxy groups -OCH3 is 1. The van der Waals surface area contributed by atoms with Gasteiger partial charge in [0.2, 0.25) is 0 Å². The molecule has 1 N–H and O–H groups in total. The number of nitrogens with zero attached hydrogens (tertiary/aromatic N) is 1. The van der Waals surface area contributed by atoms with Crippen LogP contribution in [0.4, 0.5) is 0 Å². The molecule has 0 saturated heterocycles. The summed E-state index contributed by atoms with van der Waals surface area (Å²) in [5.41, 5.74) is 4.20. The second-order valence-electron chi connectivity index (χ2n) is 4.39. The molecule has 0 unspecified atom stereocenters. The van der Waals surface area contributed by atoms with Crippen molar-refractivity contribution in [3.05, 3.63) is 45.5 Å². The van der Waals surface area contributed by atoms with Crippen molar-refractivity contribution in [1.82, 2.24) is 9.97 Å². The fourth-order valence-corrected chi connectivity index (χ4v) is 2.00. The Morgan fingerprint density at radius 3 is 2.44 bits per heavy atom. The summed E-state index contributed by atoms with van der Waals surface area (Å²) in [5.74, 6) is 0.845. The lowest BCUT2D eigenvalue weighted by molar-refractivity contribution is 0.411. The number of H-pyrrole nitrogens is 1. The molecule has 0 aliphatic carbocycles. The maximum absolute atomic E-state index is 11.4. The molecule has 0 amide bonds. The Morgan fingerprint density at radius 2 is 1.83 bits per heavy atom. The highest BCUT2D eigenvalue weighted by Crippen LogP contribution is 2.28. The first-order valence-electron chi connectivity index (χ1n) is 5.75. The highest BCUT2D eigenvalue weighted by atomic mass is 16.5. The first-order valence-corrected chi connectivity index (χ1v) is 5.75. The van der Waals surface area contributed by atoms with Gasteiger partial charge in [-0.15, -0.1) is 0 Å². The van der Waals surface area contributed by atoms with Crippen LogP contribution in [0.1, 0.15) is 16.8 Å². The molecule has 0 atom stereocenters. The van der Waals surface area contributed by atoms with Crippen LogP contribution >= 0.6 is 0 Å². The van der Waals surface area contributed by atoms with Gasteiger partial charge in [-0.25, -0.2) is 4.79 Å². The molecule has 0 spiro atoms. The first kappa shape index (κ1) is 12.4. The molecule has 0 fully saturated rings. The maximum atomic E-state index is 11.4. The minimum atomic E-state index is -0.321. The number of rotatable bonds is 2. The van der Waals surface area contributed by atoms with Gasteiger partial charge >= 0.3 is 5.69 Å². The third kappa shape index (κ3) is 2.27. The van der Waals surface area contributed by atoms with Crippen molar-refractivity contribution in [3.63, 3.8) is 0 Å². The molecule has 0 bridgehead atoms. The van der Waals surface area contributed by atoms with E-state index >= 15 is 0 Å². The second-order valence-corrected chi connectivity index (χ2v) is 4.39. The zero-order chi connectivity index (χ0) is 13.3. The zero-order valence-corrected chi connectivity index (χ0v) is 11.0. The third-order valence-electron chi connectivity index (χ3n) is 2.90. The van der Waals surface area contributed by atoms with E-state index in [1.807, 2.05) is 39.0 Å². The lowest BCUT2D eigenvalue weighted by Gasteiger charge is -2.11. The summed E-state index contributed by atoms with van der Waals surface area (Å²) in [5, 5.41) is 0. The second kappa shape index (κ2) is 4.64. The monoisotopic (exact) mass is 244 g/mol. The summed E-state index contributed by atoms with van der Waals surface area (Å²) in [7, 11) is 1.65. The highest BCUT2D eigenvalue weighted by Gasteiger charge is 2.09. The van der Waals surface area contributed by atoms with E-state index in [4.69, 9.17) is 4.74 Å². The minimum absolute atomic E-state index is 0.321. The molecule has 1 aromatic carbocycles. The van der Waals surface area contributed by atoms with Gasteiger partial charge in [0.1, 0.15) is 5.75 Å². The lowest BCUT2D eigenvalue weighted by atomic mass is 10.0. The van der Waals surface area contributed by atoms with Gasteiger partial charge in [-0.05, 0) is 50.1 Å². The van der Waals surface area contributed by atoms with Crippen LogP contribution in [0, 0.1) is 20.8 Å². The number of benzene rings is 1. The molecule has 4 nitrogen and oxygen atoms in total. The molecule has 94 valence electrons. The average Bonchev–Trinajstić information content (AvgIpc) is 2.30. The van der Waals surface area contributed by atoms with Crippen LogP contribution in [0.25, 0.3) is 11.3 Å². The fourth-order valence-electron chi connectivity index (χ4n) is 2.00. The third-order valence-corrected chi connectivity index (χ3v) is 2.90. The smallest absolute Gasteiger partial charge is 0.345 e. The van der Waals surface area contributed by atoms with Crippen molar-refractivity contribution in [3.8, 4) is 17.0 Å². The van der Waals surface area contributed by atoms with E-state index < -0.39 is 0 Å². The zero-order valence-electron chi connectivity index (χ0n) is 11.0. The van der Waals surface area contributed by atoms with E-state index in [0.717, 1.165) is 28.1 Å². The molecule has 0 aliphatic heterocycles. The van der Waals surface area contributed by atoms with Gasteiger partial charge in [0.15, 0.2) is 0 Å². The molecular weight excluding hydrogens is 228 g/mol. The molecular formula is C14H16N2O2. The summed E-state index contributed by atoms with van der Waals surface area (Å²) in [6.07, 6.45) is 0. The van der Waals surface area contributed by atoms with Gasteiger partial charge in [-0.2, -0.15) is 4.98 Å². The Bertz CT molecular complexity index is 645. The lowest BCUT2D eigenvalue weighted by Crippen LogP contribution is -2.12. The predicted octanol–water partition coefficient (Wildman–Crippen LogP) is 2.37. The molecule has 1 heterocycles. The van der Waals surface area contributed by atoms with Gasteiger partial charge in [0.05, 0.1) is 12.8 Å². The largest absolute Gasteiger partial charge is 0.496 e. The number of aromatic nitrogens is 2. The number of ether oxygens (including phenoxy) is 1. The van der Waals surface area contributed by atoms with Gasteiger partial charge in [0, 0.05) is 11.3 Å². The Hall–Kier alpha value is -2.10. The predicted molar refractivity (Wildman–Crippen MR) is 71.1 cm³/mol. The SMILES string of the molecule is COc1cc(C)c(-c2cc(C)[nH]c(=O)n2)cc1C. The van der Waals surface area contributed by atoms with Gasteiger partial charge in [-0.1, -0.05) is 0 Å². The molecule has 0 aliphatic rings. The number of nitrogens with one attached hydrogen (secondary N) is 1. The Morgan fingerprint density at radius 1 is 1.11 bits per heavy atom. The van der Waals surface area contributed by atoms with Crippen molar-refractivity contribution >= 4 is 0 Å². The molecule has 4 heteroatoms. The summed E-state index contributed by atoms with van der Waals surface area (Å²) in [6.45, 7) is 5.80. The summed E-state index contributed by atoms with van der Waals surface area (Å²) in [4.78, 5) is 18.1. The molecule has 1 aromatic heterocycles. The minimum Gasteiger partial charge on any atom is -0.496 e. The van der Waals surface area contributed by atoms with Crippen molar-refractivity contribution < 1.29 is 4.74 Å². The van der Waals surface area contributed by atoms with Crippen molar-refractivity contribution in [2.24, 2.45) is 0 Å². The molecule has 18 heavy (non-hydrogen) atoms. The topological polar surface area (TPSA) is 55.0 Å². The number of hydrogen-bond acceptors (Lipinski definition) is 3. The van der Waals surface area contributed by atoms with Gasteiger partial charge < -0.3 is 9.72 Å². The molecule has 0 saturated carbocycles. The standard InChI is InChI=1S/C14H16N2O2/c1-8-6-13(18-4)9(2)5-11(8)12-7-10(3)15-14(17)16-12/h5-7H,1-4H3,(H,15,16,17). The Labute approximate surface area is 106 Å². The van der Waals surface area contributed by atoms with Crippen LogP contribution in [-0.2, 0) is 0 Å². The molecule has 2 rings (SSSR count). The number of aryl methyl sites for hydroxylation is 3. The molecule has 2 aromatic rings. The summed E-state index contributed by atoms with van der Waals surface area (Å²) < 4.78 is 5.28. The van der Waals surface area contributed by atoms with Gasteiger partial charge in [0.25, 0.3) is 0 Å². The quantitative estimate of drug-likeness (QED) is 0.882. The summed E-state index contributed by atoms with van der Waals surface area (Å²) in [6, 6.07) is 5.83. The van der Waals surface area contributed by atoms with Crippen molar-refractivity contribution in [2.75, 3.05) is 7.11 Å². The van der Waals surface area contributed by atoms with Crippen LogP contribution in [0.15, 0.2) is 23.0 Å². The average molecular weight is 244 g/mol. The van der Waals surface area contributed by atoms with E-state index in [-0.39, 0.29) is 5.69 Å². The van der Waals surface area contributed by atoms with E-state index in [9.17, 15) is 4.79 Å². The van der Waals surface area contributed by atoms with Crippen molar-refractivity contribution in [2.45, 2.75) is 20.8 Å². The van der Waals surface area contributed by atoms with Gasteiger partial charge in [-0.3, -0.25) is 0 Å². The molecule has 0 radical (unpaired) electrons. The van der Waals surface area contributed by atoms with E-state index in [1.165, 1.54) is 0 Å². The summed E-state index contributed by atoms with van der Waals surface area (Å²) >= 11 is 0.